The monoisotopic (exact) mass is 243 g/mol. The highest BCUT2D eigenvalue weighted by Gasteiger charge is 1.97. The Morgan fingerprint density at radius 3 is 2.81 bits per heavy atom. The van der Waals surface area contributed by atoms with Crippen molar-refractivity contribution >= 4 is 5.97 Å². The SMILES string of the molecule is CC(=O)OCC[NH2+]Cc1cccc(C)c1.[Cl-]. The highest BCUT2D eigenvalue weighted by Crippen LogP contribution is 2.01. The molecule has 1 aromatic carbocycles. The first kappa shape index (κ1) is 14.9. The lowest BCUT2D eigenvalue weighted by Gasteiger charge is -2.03. The van der Waals surface area contributed by atoms with Gasteiger partial charge in [0.05, 0.1) is 0 Å². The number of nitrogens with two attached hydrogens (primary N) is 1. The molecule has 0 spiro atoms. The zero-order valence-corrected chi connectivity index (χ0v) is 10.5. The maximum absolute atomic E-state index is 10.5. The van der Waals surface area contributed by atoms with Crippen LogP contribution in [0.1, 0.15) is 18.1 Å². The molecule has 0 aliphatic carbocycles. The van der Waals surface area contributed by atoms with Gasteiger partial charge < -0.3 is 22.5 Å². The van der Waals surface area contributed by atoms with Gasteiger partial charge in [-0.05, 0) is 6.92 Å². The predicted octanol–water partition coefficient (Wildman–Crippen LogP) is -2.37. The first-order valence-electron chi connectivity index (χ1n) is 5.19. The average molecular weight is 244 g/mol. The van der Waals surface area contributed by atoms with E-state index in [-0.39, 0.29) is 18.4 Å². The molecule has 16 heavy (non-hydrogen) atoms. The van der Waals surface area contributed by atoms with Crippen molar-refractivity contribution in [3.8, 4) is 0 Å². The number of rotatable bonds is 5. The minimum atomic E-state index is -0.209. The van der Waals surface area contributed by atoms with Crippen molar-refractivity contribution in [3.63, 3.8) is 0 Å². The fourth-order valence-electron chi connectivity index (χ4n) is 1.39. The topological polar surface area (TPSA) is 42.9 Å². The molecule has 0 fully saturated rings. The van der Waals surface area contributed by atoms with Gasteiger partial charge in [-0.3, -0.25) is 4.79 Å². The van der Waals surface area contributed by atoms with Crippen LogP contribution in [-0.2, 0) is 16.1 Å². The molecule has 4 heteroatoms. The standard InChI is InChI=1S/C12H17NO2.ClH/c1-10-4-3-5-12(8-10)9-13-6-7-15-11(2)14;/h3-5,8,13H,6-7,9H2,1-2H3;1H. The number of halogens is 1. The van der Waals surface area contributed by atoms with Crippen LogP contribution in [-0.4, -0.2) is 19.1 Å². The quantitative estimate of drug-likeness (QED) is 0.464. The van der Waals surface area contributed by atoms with E-state index in [9.17, 15) is 4.79 Å². The van der Waals surface area contributed by atoms with Crippen LogP contribution in [0.2, 0.25) is 0 Å². The Labute approximate surface area is 103 Å². The summed E-state index contributed by atoms with van der Waals surface area (Å²) < 4.78 is 4.83. The molecule has 0 heterocycles. The van der Waals surface area contributed by atoms with Crippen LogP contribution >= 0.6 is 0 Å². The zero-order chi connectivity index (χ0) is 11.1. The molecule has 0 radical (unpaired) electrons. The Hall–Kier alpha value is -1.06. The molecule has 0 saturated carbocycles. The maximum atomic E-state index is 10.5. The fraction of sp³-hybridized carbons (Fsp3) is 0.417. The second-order valence-electron chi connectivity index (χ2n) is 3.61. The lowest BCUT2D eigenvalue weighted by molar-refractivity contribution is -0.671. The average Bonchev–Trinajstić information content (AvgIpc) is 2.17. The predicted molar refractivity (Wildman–Crippen MR) is 58.3 cm³/mol. The molecule has 0 aliphatic heterocycles. The zero-order valence-electron chi connectivity index (χ0n) is 9.70. The minimum Gasteiger partial charge on any atom is -1.00 e. The normalized spacial score (nSPS) is 9.38. The van der Waals surface area contributed by atoms with Crippen LogP contribution in [0.5, 0.6) is 0 Å². The van der Waals surface area contributed by atoms with Gasteiger partial charge in [-0.25, -0.2) is 0 Å². The summed E-state index contributed by atoms with van der Waals surface area (Å²) in [4.78, 5) is 10.5. The van der Waals surface area contributed by atoms with E-state index in [4.69, 9.17) is 4.74 Å². The van der Waals surface area contributed by atoms with E-state index in [1.54, 1.807) is 0 Å². The minimum absolute atomic E-state index is 0. The van der Waals surface area contributed by atoms with Gasteiger partial charge >= 0.3 is 5.97 Å². The number of hydrogen-bond acceptors (Lipinski definition) is 2. The summed E-state index contributed by atoms with van der Waals surface area (Å²) in [7, 11) is 0. The van der Waals surface area contributed by atoms with E-state index in [1.807, 2.05) is 0 Å². The molecule has 2 N–H and O–H groups in total. The molecule has 90 valence electrons. The maximum Gasteiger partial charge on any atom is 0.302 e. The van der Waals surface area contributed by atoms with Crippen molar-refractivity contribution in [2.45, 2.75) is 20.4 Å². The Kier molecular flexibility index (Phi) is 7.60. The molecule has 1 aromatic rings. The highest BCUT2D eigenvalue weighted by atomic mass is 35.5. The summed E-state index contributed by atoms with van der Waals surface area (Å²) in [5, 5.41) is 2.14. The summed E-state index contributed by atoms with van der Waals surface area (Å²) in [5.41, 5.74) is 2.58. The molecule has 0 aromatic heterocycles. The third-order valence-electron chi connectivity index (χ3n) is 2.09. The van der Waals surface area contributed by atoms with Crippen LogP contribution in [0.25, 0.3) is 0 Å². The van der Waals surface area contributed by atoms with E-state index >= 15 is 0 Å². The van der Waals surface area contributed by atoms with Gasteiger partial charge in [0, 0.05) is 12.5 Å². The number of aryl methyl sites for hydroxylation is 1. The van der Waals surface area contributed by atoms with Gasteiger partial charge in [0.25, 0.3) is 0 Å². The summed E-state index contributed by atoms with van der Waals surface area (Å²) in [5.74, 6) is -0.209. The molecule has 0 bridgehead atoms. The molecule has 0 unspecified atom stereocenters. The van der Waals surface area contributed by atoms with E-state index in [1.165, 1.54) is 18.1 Å². The van der Waals surface area contributed by atoms with Gasteiger partial charge in [0.2, 0.25) is 0 Å². The molecular formula is C12H18ClNO2. The number of benzene rings is 1. The Morgan fingerprint density at radius 2 is 2.19 bits per heavy atom. The van der Waals surface area contributed by atoms with E-state index in [2.05, 4.69) is 36.5 Å². The van der Waals surface area contributed by atoms with Crippen molar-refractivity contribution in [3.05, 3.63) is 35.4 Å². The van der Waals surface area contributed by atoms with Crippen LogP contribution in [0.3, 0.4) is 0 Å². The molecule has 0 saturated heterocycles. The second-order valence-corrected chi connectivity index (χ2v) is 3.61. The Morgan fingerprint density at radius 1 is 1.44 bits per heavy atom. The third-order valence-corrected chi connectivity index (χ3v) is 2.09. The van der Waals surface area contributed by atoms with E-state index < -0.39 is 0 Å². The number of hydrogen-bond donors (Lipinski definition) is 1. The van der Waals surface area contributed by atoms with Gasteiger partial charge in [-0.15, -0.1) is 0 Å². The summed E-state index contributed by atoms with van der Waals surface area (Å²) >= 11 is 0. The smallest absolute Gasteiger partial charge is 0.302 e. The Balaban J connectivity index is 0.00000225. The van der Waals surface area contributed by atoms with Crippen LogP contribution in [0.15, 0.2) is 24.3 Å². The number of carbonyl (C=O) groups is 1. The van der Waals surface area contributed by atoms with Crippen LogP contribution < -0.4 is 17.7 Å². The summed E-state index contributed by atoms with van der Waals surface area (Å²) in [6.45, 7) is 5.75. The van der Waals surface area contributed by atoms with Crippen molar-refractivity contribution in [1.29, 1.82) is 0 Å². The summed E-state index contributed by atoms with van der Waals surface area (Å²) in [6.07, 6.45) is 0. The largest absolute Gasteiger partial charge is 1.00 e. The lowest BCUT2D eigenvalue weighted by atomic mass is 10.1. The molecule has 3 nitrogen and oxygen atoms in total. The van der Waals surface area contributed by atoms with Gasteiger partial charge in [-0.2, -0.15) is 0 Å². The Bertz CT molecular complexity index is 329. The fourth-order valence-corrected chi connectivity index (χ4v) is 1.39. The van der Waals surface area contributed by atoms with Crippen molar-refractivity contribution in [1.82, 2.24) is 0 Å². The lowest BCUT2D eigenvalue weighted by Crippen LogP contribution is -3.00. The molecule has 0 aliphatic rings. The molecule has 1 rings (SSSR count). The third kappa shape index (κ3) is 6.43. The van der Waals surface area contributed by atoms with Gasteiger partial charge in [0.1, 0.15) is 19.7 Å². The first-order chi connectivity index (χ1) is 7.18. The second kappa shape index (κ2) is 8.13. The molecule has 0 amide bonds. The molecular weight excluding hydrogens is 226 g/mol. The first-order valence-corrected chi connectivity index (χ1v) is 5.19. The van der Waals surface area contributed by atoms with Crippen molar-refractivity contribution < 1.29 is 27.3 Å². The van der Waals surface area contributed by atoms with E-state index in [0.29, 0.717) is 6.61 Å². The van der Waals surface area contributed by atoms with E-state index in [0.717, 1.165) is 13.1 Å². The highest BCUT2D eigenvalue weighted by molar-refractivity contribution is 5.65. The summed E-state index contributed by atoms with van der Waals surface area (Å²) in [6, 6.07) is 8.42. The van der Waals surface area contributed by atoms with Crippen molar-refractivity contribution in [2.75, 3.05) is 13.2 Å². The number of ether oxygens (including phenoxy) is 1. The number of quaternary nitrogens is 1. The number of carbonyl (C=O) groups excluding carboxylic acids is 1. The van der Waals surface area contributed by atoms with Crippen molar-refractivity contribution in [2.24, 2.45) is 0 Å². The van der Waals surface area contributed by atoms with Gasteiger partial charge in [0.15, 0.2) is 0 Å². The van der Waals surface area contributed by atoms with Crippen LogP contribution in [0, 0.1) is 6.92 Å². The molecule has 0 atom stereocenters. The van der Waals surface area contributed by atoms with Gasteiger partial charge in [-0.1, -0.05) is 29.8 Å². The number of esters is 1. The van der Waals surface area contributed by atoms with Crippen LogP contribution in [0.4, 0.5) is 0 Å².